The van der Waals surface area contributed by atoms with E-state index in [0.29, 0.717) is 0 Å². The van der Waals surface area contributed by atoms with E-state index in [1.807, 2.05) is 30.3 Å². The monoisotopic (exact) mass is 938 g/mol. The first kappa shape index (κ1) is 34.2. The van der Waals surface area contributed by atoms with Crippen molar-refractivity contribution in [3.8, 4) is 11.1 Å². The second-order valence-electron chi connectivity index (χ2n) is 13.9. The molecule has 0 aliphatic heterocycles. The minimum Gasteiger partial charge on any atom is -0.454 e. The van der Waals surface area contributed by atoms with E-state index in [4.69, 9.17) is 4.42 Å². The molecule has 0 spiro atoms. The fourth-order valence-corrected chi connectivity index (χ4v) is 8.34. The van der Waals surface area contributed by atoms with Gasteiger partial charge < -0.3 is 14.2 Å². The first-order valence-electron chi connectivity index (χ1n) is 18.6. The van der Waals surface area contributed by atoms with Gasteiger partial charge in [0, 0.05) is 32.9 Å². The van der Waals surface area contributed by atoms with E-state index in [1.165, 1.54) is 32.3 Å². The molecule has 0 N–H and O–H groups in total. The molecule has 0 atom stereocenters. The van der Waals surface area contributed by atoms with Crippen LogP contribution >= 0.6 is 0 Å². The van der Waals surface area contributed by atoms with Crippen molar-refractivity contribution < 1.29 is 35.5 Å². The second-order valence-corrected chi connectivity index (χ2v) is 13.9. The van der Waals surface area contributed by atoms with E-state index in [2.05, 4.69) is 186 Å². The van der Waals surface area contributed by atoms with Crippen LogP contribution in [0.5, 0.6) is 0 Å². The van der Waals surface area contributed by atoms with Crippen LogP contribution in [-0.4, -0.2) is 0 Å². The van der Waals surface area contributed by atoms with Crippen LogP contribution in [0.2, 0.25) is 0 Å². The maximum atomic E-state index is 6.64. The molecule has 56 heavy (non-hydrogen) atoms. The van der Waals surface area contributed by atoms with Gasteiger partial charge in [-0.1, -0.05) is 103 Å². The van der Waals surface area contributed by atoms with Crippen molar-refractivity contribution in [2.24, 2.45) is 0 Å². The summed E-state index contributed by atoms with van der Waals surface area (Å²) in [6.45, 7) is 0. The van der Waals surface area contributed by atoms with Crippen LogP contribution in [0.3, 0.4) is 0 Å². The molecule has 0 amide bonds. The third-order valence-electron chi connectivity index (χ3n) is 10.8. The molecule has 0 bridgehead atoms. The zero-order valence-electron chi connectivity index (χ0n) is 30.3. The van der Waals surface area contributed by atoms with Crippen molar-refractivity contribution in [2.75, 3.05) is 9.80 Å². The second kappa shape index (κ2) is 14.1. The zero-order valence-corrected chi connectivity index (χ0v) is 34.4. The van der Waals surface area contributed by atoms with E-state index >= 15 is 0 Å². The quantitative estimate of drug-likeness (QED) is 0.117. The number of furan rings is 1. The Labute approximate surface area is 348 Å². The first-order chi connectivity index (χ1) is 27.3. The average Bonchev–Trinajstić information content (AvgIpc) is 3.65. The third kappa shape index (κ3) is 5.56. The van der Waals surface area contributed by atoms with Gasteiger partial charge in [-0.25, -0.2) is 11.1 Å². The summed E-state index contributed by atoms with van der Waals surface area (Å²) < 4.78 is 6.64. The number of benzene rings is 10. The van der Waals surface area contributed by atoms with Gasteiger partial charge in [0.15, 0.2) is 5.58 Å². The molecule has 0 radical (unpaired) electrons. The Morgan fingerprint density at radius 2 is 0.964 bits per heavy atom. The first-order valence-corrected chi connectivity index (χ1v) is 18.6. The van der Waals surface area contributed by atoms with Gasteiger partial charge >= 0.3 is 31.1 Å². The maximum absolute atomic E-state index is 6.64. The van der Waals surface area contributed by atoms with Gasteiger partial charge in [0.05, 0.1) is 17.1 Å². The molecule has 11 rings (SSSR count). The van der Waals surface area contributed by atoms with Crippen molar-refractivity contribution in [2.45, 2.75) is 0 Å². The summed E-state index contributed by atoms with van der Waals surface area (Å²) >= 11 is 0. The normalized spacial score (nSPS) is 11.4. The Kier molecular flexibility index (Phi) is 8.60. The van der Waals surface area contributed by atoms with Gasteiger partial charge in [0.25, 0.3) is 0 Å². The van der Waals surface area contributed by atoms with E-state index in [9.17, 15) is 0 Å². The summed E-state index contributed by atoms with van der Waals surface area (Å²) in [5.74, 6) is 0. The molecule has 0 saturated carbocycles. The van der Waals surface area contributed by atoms with Gasteiger partial charge in [0.1, 0.15) is 5.58 Å². The summed E-state index contributed by atoms with van der Waals surface area (Å²) in [6, 6.07) is 75.7. The van der Waals surface area contributed by atoms with Crippen LogP contribution in [0.1, 0.15) is 0 Å². The van der Waals surface area contributed by atoms with Crippen LogP contribution < -0.4 is 9.80 Å². The van der Waals surface area contributed by atoms with Gasteiger partial charge in [-0.3, -0.25) is 0 Å². The molecule has 0 unspecified atom stereocenters. The van der Waals surface area contributed by atoms with Crippen molar-refractivity contribution in [3.05, 3.63) is 206 Å². The SMILES string of the molecule is [U+2].[c-]1ccccc1-c1[c-]c(N(c2ccccc2)c2ccc3ccc4c(N(c5ccccc5)c5cccc6c5oc5ccccc56)ccc5ccc2c3c54)ccc1. The van der Waals surface area contributed by atoms with Crippen LogP contribution in [0.25, 0.3) is 65.4 Å². The maximum Gasteiger partial charge on any atom is 2.00 e. The standard InChI is InChI=1S/C52H32N2O.U/c1-4-14-35(15-5-1)38-16-12-21-41(34-38)53(39-17-6-2-7-18-39)46-32-28-36-27-31-45-47(33-29-37-26-30-44(46)50(36)51(37)45)54(40-19-8-3-9-20-40)48-24-13-23-43-42-22-10-11-25-49(42)55-52(43)48;/h1-14,16-33H;/q-2;+2. The molecule has 1 aromatic heterocycles. The minimum atomic E-state index is 0. The molecule has 3 nitrogen and oxygen atoms in total. The number of nitrogens with zero attached hydrogens (tertiary/aromatic N) is 2. The molecule has 1 heterocycles. The molecule has 4 heteroatoms. The van der Waals surface area contributed by atoms with Gasteiger partial charge in [-0.2, -0.15) is 42.5 Å². The average molecular weight is 939 g/mol. The van der Waals surface area contributed by atoms with Crippen molar-refractivity contribution in [1.82, 2.24) is 0 Å². The van der Waals surface area contributed by atoms with Crippen molar-refractivity contribution >= 4 is 88.4 Å². The smallest absolute Gasteiger partial charge is 0.454 e. The molecule has 0 fully saturated rings. The summed E-state index contributed by atoms with van der Waals surface area (Å²) in [5.41, 5.74) is 10.0. The van der Waals surface area contributed by atoms with Crippen LogP contribution in [-0.2, 0) is 0 Å². The number of rotatable bonds is 7. The van der Waals surface area contributed by atoms with Crippen molar-refractivity contribution in [1.29, 1.82) is 0 Å². The molecule has 260 valence electrons. The Morgan fingerprint density at radius 1 is 0.393 bits per heavy atom. The van der Waals surface area contributed by atoms with Crippen molar-refractivity contribution in [3.63, 3.8) is 0 Å². The predicted molar refractivity (Wildman–Crippen MR) is 230 cm³/mol. The molecule has 11 aromatic rings. The molecule has 0 aliphatic rings. The van der Waals surface area contributed by atoms with Crippen LogP contribution in [0.4, 0.5) is 34.1 Å². The molecule has 0 aliphatic carbocycles. The number of fused-ring (bicyclic) bond motifs is 3. The third-order valence-corrected chi connectivity index (χ3v) is 10.8. The summed E-state index contributed by atoms with van der Waals surface area (Å²) in [6.07, 6.45) is 0. The Morgan fingerprint density at radius 3 is 1.66 bits per heavy atom. The summed E-state index contributed by atoms with van der Waals surface area (Å²) in [7, 11) is 0. The molecule has 10 aromatic carbocycles. The zero-order chi connectivity index (χ0) is 36.3. The minimum absolute atomic E-state index is 0. The summed E-state index contributed by atoms with van der Waals surface area (Å²) in [5, 5.41) is 9.42. The molecular weight excluding hydrogens is 907 g/mol. The fourth-order valence-electron chi connectivity index (χ4n) is 8.34. The number of hydrogen-bond acceptors (Lipinski definition) is 3. The van der Waals surface area contributed by atoms with E-state index < -0.39 is 0 Å². The van der Waals surface area contributed by atoms with Gasteiger partial charge in [0.2, 0.25) is 0 Å². The summed E-state index contributed by atoms with van der Waals surface area (Å²) in [4.78, 5) is 4.69. The Balaban J connectivity index is 0.00000384. The topological polar surface area (TPSA) is 19.6 Å². The number of para-hydroxylation sites is 4. The van der Waals surface area contributed by atoms with E-state index in [-0.39, 0.29) is 31.1 Å². The van der Waals surface area contributed by atoms with E-state index in [0.717, 1.165) is 67.2 Å². The van der Waals surface area contributed by atoms with E-state index in [1.54, 1.807) is 0 Å². The van der Waals surface area contributed by atoms with Gasteiger partial charge in [-0.15, -0.1) is 12.1 Å². The van der Waals surface area contributed by atoms with Crippen LogP contribution in [0.15, 0.2) is 199 Å². The molecule has 0 saturated heterocycles. The number of anilines is 6. The molecular formula is C52H32N2OU. The van der Waals surface area contributed by atoms with Crippen LogP contribution in [0, 0.1) is 43.2 Å². The Bertz CT molecular complexity index is 3160. The predicted octanol–water partition coefficient (Wildman–Crippen LogP) is 14.7. The van der Waals surface area contributed by atoms with Gasteiger partial charge in [-0.05, 0) is 75.8 Å². The Hall–Kier alpha value is -6.31. The number of hydrogen-bond donors (Lipinski definition) is 0. The fraction of sp³-hybridized carbons (Fsp3) is 0. The largest absolute Gasteiger partial charge is 2.00 e.